The van der Waals surface area contributed by atoms with Crippen molar-refractivity contribution in [2.24, 2.45) is 5.73 Å². The van der Waals surface area contributed by atoms with Gasteiger partial charge in [-0.1, -0.05) is 17.7 Å². The van der Waals surface area contributed by atoms with Gasteiger partial charge in [-0.3, -0.25) is 15.1 Å². The molecule has 1 aromatic heterocycles. The predicted molar refractivity (Wildman–Crippen MR) is 75.0 cm³/mol. The zero-order valence-electron chi connectivity index (χ0n) is 10.6. The third-order valence-corrected chi connectivity index (χ3v) is 2.89. The monoisotopic (exact) mass is 293 g/mol. The van der Waals surface area contributed by atoms with E-state index >= 15 is 0 Å². The number of nitro benzene ring substituents is 1. The molecule has 1 heterocycles. The van der Waals surface area contributed by atoms with E-state index in [0.29, 0.717) is 11.4 Å². The molecule has 1 aromatic carbocycles. The Kier molecular flexibility index (Phi) is 4.16. The average molecular weight is 294 g/mol. The van der Waals surface area contributed by atoms with Crippen molar-refractivity contribution in [1.82, 2.24) is 4.98 Å². The predicted octanol–water partition coefficient (Wildman–Crippen LogP) is 3.46. The molecule has 0 saturated heterocycles. The molecule has 0 unspecified atom stereocenters. The molecule has 104 valence electrons. The van der Waals surface area contributed by atoms with Crippen LogP contribution < -0.4 is 10.5 Å². The SMILES string of the molecule is C[C@@H](N)c1ccc(Oc2c(Cl)cccc2[N+](=O)[O-])cn1. The molecule has 0 bridgehead atoms. The van der Waals surface area contributed by atoms with Gasteiger partial charge >= 0.3 is 5.69 Å². The Labute approximate surface area is 120 Å². The van der Waals surface area contributed by atoms with Crippen molar-refractivity contribution in [1.29, 1.82) is 0 Å². The van der Waals surface area contributed by atoms with E-state index < -0.39 is 4.92 Å². The number of hydrogen-bond acceptors (Lipinski definition) is 5. The number of benzene rings is 1. The Morgan fingerprint density at radius 3 is 2.70 bits per heavy atom. The number of pyridine rings is 1. The molecule has 6 nitrogen and oxygen atoms in total. The van der Waals surface area contributed by atoms with Crippen molar-refractivity contribution >= 4 is 17.3 Å². The number of para-hydroxylation sites is 1. The van der Waals surface area contributed by atoms with Gasteiger partial charge in [0.05, 0.1) is 21.8 Å². The molecule has 2 rings (SSSR count). The highest BCUT2D eigenvalue weighted by Crippen LogP contribution is 2.37. The Morgan fingerprint density at radius 1 is 1.40 bits per heavy atom. The van der Waals surface area contributed by atoms with Gasteiger partial charge in [-0.25, -0.2) is 0 Å². The minimum atomic E-state index is -0.551. The number of nitro groups is 1. The first kappa shape index (κ1) is 14.2. The average Bonchev–Trinajstić information content (AvgIpc) is 2.41. The number of aromatic nitrogens is 1. The maximum Gasteiger partial charge on any atom is 0.313 e. The molecule has 0 saturated carbocycles. The van der Waals surface area contributed by atoms with Crippen molar-refractivity contribution in [3.8, 4) is 11.5 Å². The Balaban J connectivity index is 2.32. The summed E-state index contributed by atoms with van der Waals surface area (Å²) in [6.07, 6.45) is 1.45. The van der Waals surface area contributed by atoms with Gasteiger partial charge in [-0.15, -0.1) is 0 Å². The first-order valence-corrected chi connectivity index (χ1v) is 6.19. The molecule has 0 spiro atoms. The van der Waals surface area contributed by atoms with E-state index in [2.05, 4.69) is 4.98 Å². The van der Waals surface area contributed by atoms with Gasteiger partial charge in [-0.05, 0) is 25.1 Å². The van der Waals surface area contributed by atoms with Crippen LogP contribution in [0.3, 0.4) is 0 Å². The first-order chi connectivity index (χ1) is 9.49. The molecule has 0 fully saturated rings. The number of halogens is 1. The highest BCUT2D eigenvalue weighted by atomic mass is 35.5. The zero-order valence-corrected chi connectivity index (χ0v) is 11.4. The van der Waals surface area contributed by atoms with Crippen LogP contribution in [0.1, 0.15) is 18.7 Å². The fourth-order valence-corrected chi connectivity index (χ4v) is 1.79. The van der Waals surface area contributed by atoms with Crippen molar-refractivity contribution in [3.05, 3.63) is 57.4 Å². The second kappa shape index (κ2) is 5.85. The van der Waals surface area contributed by atoms with Crippen molar-refractivity contribution in [2.45, 2.75) is 13.0 Å². The summed E-state index contributed by atoms with van der Waals surface area (Å²) in [5, 5.41) is 11.1. The molecule has 0 aliphatic heterocycles. The minimum Gasteiger partial charge on any atom is -0.447 e. The van der Waals surface area contributed by atoms with Gasteiger partial charge in [0.15, 0.2) is 0 Å². The van der Waals surface area contributed by atoms with Crippen LogP contribution in [0.25, 0.3) is 0 Å². The van der Waals surface area contributed by atoms with Gasteiger partial charge in [0.1, 0.15) is 5.75 Å². The number of rotatable bonds is 4. The lowest BCUT2D eigenvalue weighted by molar-refractivity contribution is -0.385. The van der Waals surface area contributed by atoms with Crippen LogP contribution in [0.4, 0.5) is 5.69 Å². The summed E-state index contributed by atoms with van der Waals surface area (Å²) < 4.78 is 5.46. The van der Waals surface area contributed by atoms with Gasteiger partial charge in [0.2, 0.25) is 5.75 Å². The molecule has 2 aromatic rings. The van der Waals surface area contributed by atoms with Crippen LogP contribution >= 0.6 is 11.6 Å². The van der Waals surface area contributed by atoms with E-state index in [4.69, 9.17) is 22.1 Å². The standard InChI is InChI=1S/C13H12ClN3O3/c1-8(15)11-6-5-9(7-16-11)20-13-10(14)3-2-4-12(13)17(18)19/h2-8H,15H2,1H3/t8-/m1/s1. The Morgan fingerprint density at radius 2 is 2.15 bits per heavy atom. The number of ether oxygens (including phenoxy) is 1. The maximum atomic E-state index is 10.9. The number of hydrogen-bond donors (Lipinski definition) is 1. The molecule has 7 heteroatoms. The summed E-state index contributed by atoms with van der Waals surface area (Å²) >= 11 is 5.94. The summed E-state index contributed by atoms with van der Waals surface area (Å²) in [5.41, 5.74) is 6.19. The molecule has 0 aliphatic carbocycles. The van der Waals surface area contributed by atoms with E-state index in [1.807, 2.05) is 6.92 Å². The number of nitrogens with zero attached hydrogens (tertiary/aromatic N) is 2. The van der Waals surface area contributed by atoms with E-state index in [1.54, 1.807) is 12.1 Å². The maximum absolute atomic E-state index is 10.9. The molecule has 2 N–H and O–H groups in total. The summed E-state index contributed by atoms with van der Waals surface area (Å²) in [5.74, 6) is 0.347. The smallest absolute Gasteiger partial charge is 0.313 e. The minimum absolute atomic E-state index is 0.00508. The third-order valence-electron chi connectivity index (χ3n) is 2.59. The van der Waals surface area contributed by atoms with E-state index in [-0.39, 0.29) is 22.5 Å². The summed E-state index contributed by atoms with van der Waals surface area (Å²) in [7, 11) is 0. The van der Waals surface area contributed by atoms with Crippen LogP contribution in [0.2, 0.25) is 5.02 Å². The van der Waals surface area contributed by atoms with Gasteiger partial charge < -0.3 is 10.5 Å². The normalized spacial score (nSPS) is 11.9. The molecular formula is C13H12ClN3O3. The molecule has 0 amide bonds. The first-order valence-electron chi connectivity index (χ1n) is 5.81. The second-order valence-electron chi connectivity index (χ2n) is 4.15. The molecule has 0 aliphatic rings. The Bertz CT molecular complexity index is 629. The van der Waals surface area contributed by atoms with Crippen molar-refractivity contribution in [2.75, 3.05) is 0 Å². The molecule has 1 atom stereocenters. The topological polar surface area (TPSA) is 91.3 Å². The lowest BCUT2D eigenvalue weighted by Gasteiger charge is -2.09. The fourth-order valence-electron chi connectivity index (χ4n) is 1.58. The van der Waals surface area contributed by atoms with Crippen LogP contribution in [-0.4, -0.2) is 9.91 Å². The summed E-state index contributed by atoms with van der Waals surface area (Å²) in [6.45, 7) is 1.81. The van der Waals surface area contributed by atoms with Crippen LogP contribution in [0.15, 0.2) is 36.5 Å². The molecule has 20 heavy (non-hydrogen) atoms. The fraction of sp³-hybridized carbons (Fsp3) is 0.154. The van der Waals surface area contributed by atoms with E-state index in [0.717, 1.165) is 0 Å². The largest absolute Gasteiger partial charge is 0.447 e. The van der Waals surface area contributed by atoms with E-state index in [1.165, 1.54) is 24.4 Å². The van der Waals surface area contributed by atoms with Crippen LogP contribution in [0, 0.1) is 10.1 Å². The second-order valence-corrected chi connectivity index (χ2v) is 4.56. The highest BCUT2D eigenvalue weighted by Gasteiger charge is 2.19. The quantitative estimate of drug-likeness (QED) is 0.688. The third kappa shape index (κ3) is 3.04. The van der Waals surface area contributed by atoms with E-state index in [9.17, 15) is 10.1 Å². The highest BCUT2D eigenvalue weighted by molar-refractivity contribution is 6.32. The number of nitrogens with two attached hydrogens (primary N) is 1. The Hall–Kier alpha value is -2.18. The zero-order chi connectivity index (χ0) is 14.7. The van der Waals surface area contributed by atoms with Gasteiger partial charge in [0, 0.05) is 12.1 Å². The summed E-state index contributed by atoms with van der Waals surface area (Å²) in [4.78, 5) is 14.5. The summed E-state index contributed by atoms with van der Waals surface area (Å²) in [6, 6.07) is 7.48. The van der Waals surface area contributed by atoms with Crippen LogP contribution in [-0.2, 0) is 0 Å². The lowest BCUT2D eigenvalue weighted by atomic mass is 10.2. The van der Waals surface area contributed by atoms with Crippen LogP contribution in [0.5, 0.6) is 11.5 Å². The van der Waals surface area contributed by atoms with Gasteiger partial charge in [-0.2, -0.15) is 0 Å². The molecule has 0 radical (unpaired) electrons. The van der Waals surface area contributed by atoms with Gasteiger partial charge in [0.25, 0.3) is 0 Å². The van der Waals surface area contributed by atoms with Crippen molar-refractivity contribution in [3.63, 3.8) is 0 Å². The van der Waals surface area contributed by atoms with Crippen molar-refractivity contribution < 1.29 is 9.66 Å². The molecular weight excluding hydrogens is 282 g/mol. The lowest BCUT2D eigenvalue weighted by Crippen LogP contribution is -2.06.